The first-order valence-corrected chi connectivity index (χ1v) is 11.6. The van der Waals surface area contributed by atoms with Gasteiger partial charge in [0.2, 0.25) is 5.95 Å². The van der Waals surface area contributed by atoms with E-state index in [0.29, 0.717) is 33.6 Å². The molecular formula is C24H21F6N9. The van der Waals surface area contributed by atoms with Crippen LogP contribution in [0.25, 0.3) is 28.0 Å². The molecule has 204 valence electrons. The summed E-state index contributed by atoms with van der Waals surface area (Å²) in [7, 11) is 0. The zero-order valence-corrected chi connectivity index (χ0v) is 20.5. The number of alkyl halides is 6. The minimum atomic E-state index is -4.55. The molecule has 0 aliphatic rings. The van der Waals surface area contributed by atoms with Gasteiger partial charge in [0, 0.05) is 29.7 Å². The van der Waals surface area contributed by atoms with Gasteiger partial charge in [-0.2, -0.15) is 41.5 Å². The Morgan fingerprint density at radius 2 is 1.64 bits per heavy atom. The second-order valence-corrected chi connectivity index (χ2v) is 9.28. The third-order valence-electron chi connectivity index (χ3n) is 5.99. The Kier molecular flexibility index (Phi) is 6.31. The quantitative estimate of drug-likeness (QED) is 0.290. The summed E-state index contributed by atoms with van der Waals surface area (Å²) in [6, 6.07) is 5.29. The second-order valence-electron chi connectivity index (χ2n) is 9.28. The summed E-state index contributed by atoms with van der Waals surface area (Å²) in [6.45, 7) is 2.56. The SMILES string of the molecule is CC(C)[C@@H](c1ccc(C(F)(F)F)nc1)n1cc(-c2cc(-c3cnn(CC(F)(F)F)c3)n3nc(N)nc3c2)cn1. The fourth-order valence-electron chi connectivity index (χ4n) is 4.37. The van der Waals surface area contributed by atoms with Gasteiger partial charge < -0.3 is 5.73 Å². The predicted octanol–water partition coefficient (Wildman–Crippen LogP) is 5.26. The lowest BCUT2D eigenvalue weighted by Gasteiger charge is -2.22. The van der Waals surface area contributed by atoms with Crippen LogP contribution in [0, 0.1) is 5.92 Å². The maximum atomic E-state index is 13.0. The van der Waals surface area contributed by atoms with Crippen LogP contribution in [0.1, 0.15) is 31.1 Å². The Hall–Kier alpha value is -4.43. The Morgan fingerprint density at radius 3 is 2.28 bits per heavy atom. The van der Waals surface area contributed by atoms with Gasteiger partial charge in [-0.05, 0) is 35.2 Å². The summed E-state index contributed by atoms with van der Waals surface area (Å²) in [4.78, 5) is 7.77. The molecule has 0 saturated heterocycles. The maximum absolute atomic E-state index is 13.0. The van der Waals surface area contributed by atoms with Gasteiger partial charge in [0.05, 0.1) is 24.1 Å². The number of nitrogen functional groups attached to an aromatic ring is 1. The van der Waals surface area contributed by atoms with Gasteiger partial charge in [-0.25, -0.2) is 4.52 Å². The van der Waals surface area contributed by atoms with Gasteiger partial charge in [-0.15, -0.1) is 5.10 Å². The molecule has 0 aliphatic heterocycles. The van der Waals surface area contributed by atoms with Crippen LogP contribution in [0.4, 0.5) is 32.3 Å². The molecule has 5 aromatic rings. The van der Waals surface area contributed by atoms with Crippen molar-refractivity contribution in [1.29, 1.82) is 0 Å². The molecule has 0 saturated carbocycles. The second kappa shape index (κ2) is 9.39. The summed E-state index contributed by atoms with van der Waals surface area (Å²) < 4.78 is 81.3. The van der Waals surface area contributed by atoms with Crippen molar-refractivity contribution in [2.45, 2.75) is 38.8 Å². The highest BCUT2D eigenvalue weighted by molar-refractivity contribution is 5.74. The van der Waals surface area contributed by atoms with E-state index < -0.39 is 30.6 Å². The van der Waals surface area contributed by atoms with Crippen LogP contribution in [0.5, 0.6) is 0 Å². The fraction of sp³-hybridized carbons (Fsp3) is 0.292. The predicted molar refractivity (Wildman–Crippen MR) is 128 cm³/mol. The van der Waals surface area contributed by atoms with Gasteiger partial charge in [0.15, 0.2) is 5.65 Å². The molecule has 39 heavy (non-hydrogen) atoms. The monoisotopic (exact) mass is 549 g/mol. The molecule has 0 bridgehead atoms. The molecule has 0 radical (unpaired) electrons. The van der Waals surface area contributed by atoms with Crippen LogP contribution in [-0.4, -0.2) is 45.3 Å². The number of nitrogens with zero attached hydrogens (tertiary/aromatic N) is 8. The Morgan fingerprint density at radius 1 is 0.897 bits per heavy atom. The Labute approximate surface area is 216 Å². The maximum Gasteiger partial charge on any atom is 0.433 e. The summed E-state index contributed by atoms with van der Waals surface area (Å²) in [6.07, 6.45) is -1.95. The molecule has 2 N–H and O–H groups in total. The molecule has 0 spiro atoms. The van der Waals surface area contributed by atoms with Crippen molar-refractivity contribution in [2.24, 2.45) is 5.92 Å². The molecule has 0 fully saturated rings. The topological polar surface area (TPSA) is 105 Å². The van der Waals surface area contributed by atoms with E-state index in [1.165, 1.54) is 29.2 Å². The van der Waals surface area contributed by atoms with E-state index in [0.717, 1.165) is 10.7 Å². The number of anilines is 1. The minimum Gasteiger partial charge on any atom is -0.366 e. The lowest BCUT2D eigenvalue weighted by Crippen LogP contribution is -2.18. The zero-order valence-electron chi connectivity index (χ0n) is 20.5. The molecule has 5 heterocycles. The number of fused-ring (bicyclic) bond motifs is 1. The van der Waals surface area contributed by atoms with Crippen molar-refractivity contribution >= 4 is 11.6 Å². The lowest BCUT2D eigenvalue weighted by atomic mass is 9.97. The first-order valence-electron chi connectivity index (χ1n) is 11.6. The Balaban J connectivity index is 1.53. The van der Waals surface area contributed by atoms with Crippen LogP contribution < -0.4 is 5.73 Å². The zero-order chi connectivity index (χ0) is 28.1. The van der Waals surface area contributed by atoms with E-state index in [1.54, 1.807) is 29.2 Å². The van der Waals surface area contributed by atoms with Gasteiger partial charge in [0.1, 0.15) is 12.2 Å². The van der Waals surface area contributed by atoms with Gasteiger partial charge >= 0.3 is 12.4 Å². The van der Waals surface area contributed by atoms with Crippen molar-refractivity contribution in [3.63, 3.8) is 0 Å². The highest BCUT2D eigenvalue weighted by Crippen LogP contribution is 2.33. The third kappa shape index (κ3) is 5.42. The smallest absolute Gasteiger partial charge is 0.366 e. The first-order chi connectivity index (χ1) is 18.3. The summed E-state index contributed by atoms with van der Waals surface area (Å²) in [5, 5.41) is 12.4. The first kappa shape index (κ1) is 26.2. The van der Waals surface area contributed by atoms with E-state index in [9.17, 15) is 26.3 Å². The highest BCUT2D eigenvalue weighted by Gasteiger charge is 2.33. The average molecular weight is 549 g/mol. The van der Waals surface area contributed by atoms with E-state index in [-0.39, 0.29) is 11.9 Å². The number of hydrogen-bond acceptors (Lipinski definition) is 6. The molecule has 0 aliphatic carbocycles. The average Bonchev–Trinajstić information content (AvgIpc) is 3.56. The molecule has 1 atom stereocenters. The normalized spacial score (nSPS) is 13.5. The molecular weight excluding hydrogens is 528 g/mol. The lowest BCUT2D eigenvalue weighted by molar-refractivity contribution is -0.143. The van der Waals surface area contributed by atoms with Crippen molar-refractivity contribution in [1.82, 2.24) is 39.1 Å². The van der Waals surface area contributed by atoms with Crippen molar-refractivity contribution in [3.05, 3.63) is 66.5 Å². The van der Waals surface area contributed by atoms with Crippen molar-refractivity contribution in [2.75, 3.05) is 5.73 Å². The molecule has 5 rings (SSSR count). The number of rotatable bonds is 6. The summed E-state index contributed by atoms with van der Waals surface area (Å²) in [5.41, 5.74) is 7.72. The van der Waals surface area contributed by atoms with Crippen LogP contribution in [-0.2, 0) is 12.7 Å². The van der Waals surface area contributed by atoms with E-state index >= 15 is 0 Å². The number of aromatic nitrogens is 8. The molecule has 0 amide bonds. The molecule has 0 unspecified atom stereocenters. The number of pyridine rings is 2. The van der Waals surface area contributed by atoms with Crippen LogP contribution >= 0.6 is 0 Å². The standard InChI is InChI=1S/C24H21F6N9/c1-13(2)21(14-3-4-19(32-7-14)24(28,29)30)38-11-16(8-34-38)15-5-18(39-20(6-15)35-22(31)36-39)17-9-33-37(10-17)12-23(25,26)27/h3-11,13,21H,12H2,1-2H3,(H2,31,36)/t21-/m0/s1. The van der Waals surface area contributed by atoms with Crippen LogP contribution in [0.2, 0.25) is 0 Å². The summed E-state index contributed by atoms with van der Waals surface area (Å²) >= 11 is 0. The van der Waals surface area contributed by atoms with Crippen molar-refractivity contribution < 1.29 is 26.3 Å². The van der Waals surface area contributed by atoms with Crippen LogP contribution in [0.15, 0.2) is 55.2 Å². The highest BCUT2D eigenvalue weighted by atomic mass is 19.4. The molecule has 5 aromatic heterocycles. The molecule has 9 nitrogen and oxygen atoms in total. The summed E-state index contributed by atoms with van der Waals surface area (Å²) in [5.74, 6) is -0.0773. The Bertz CT molecular complexity index is 1610. The van der Waals surface area contributed by atoms with Gasteiger partial charge in [0.25, 0.3) is 0 Å². The van der Waals surface area contributed by atoms with Crippen LogP contribution in [0.3, 0.4) is 0 Å². The molecule has 0 aromatic carbocycles. The van der Waals surface area contributed by atoms with E-state index in [4.69, 9.17) is 5.73 Å². The van der Waals surface area contributed by atoms with E-state index in [1.807, 2.05) is 13.8 Å². The van der Waals surface area contributed by atoms with Crippen molar-refractivity contribution in [3.8, 4) is 22.4 Å². The van der Waals surface area contributed by atoms with Gasteiger partial charge in [-0.1, -0.05) is 19.9 Å². The number of halogens is 6. The van der Waals surface area contributed by atoms with E-state index in [2.05, 4.69) is 25.3 Å². The third-order valence-corrected chi connectivity index (χ3v) is 5.99. The largest absolute Gasteiger partial charge is 0.433 e. The fourth-order valence-corrected chi connectivity index (χ4v) is 4.37. The molecule has 15 heteroatoms. The van der Waals surface area contributed by atoms with Gasteiger partial charge in [-0.3, -0.25) is 14.3 Å². The number of hydrogen-bond donors (Lipinski definition) is 1. The minimum absolute atomic E-state index is 0.0264. The number of nitrogens with two attached hydrogens (primary N) is 1.